The number of fused-ring (bicyclic) bond motifs is 1. The van der Waals surface area contributed by atoms with Crippen LogP contribution in [-0.2, 0) is 9.59 Å². The van der Waals surface area contributed by atoms with Gasteiger partial charge in [0.05, 0.1) is 16.3 Å². The van der Waals surface area contributed by atoms with E-state index in [9.17, 15) is 34.4 Å². The van der Waals surface area contributed by atoms with Gasteiger partial charge in [0, 0.05) is 34.7 Å². The molecule has 4 N–H and O–H groups in total. The number of pyridine rings is 1. The van der Waals surface area contributed by atoms with Crippen molar-refractivity contribution in [1.82, 2.24) is 4.57 Å². The topological polar surface area (TPSA) is 185 Å². The van der Waals surface area contributed by atoms with Crippen molar-refractivity contribution in [3.8, 4) is 5.69 Å². The van der Waals surface area contributed by atoms with Crippen LogP contribution < -0.4 is 21.4 Å². The number of aliphatic carboxylic acids is 1. The van der Waals surface area contributed by atoms with Gasteiger partial charge in [0.25, 0.3) is 5.69 Å². The molecule has 0 saturated carbocycles. The summed E-state index contributed by atoms with van der Waals surface area (Å²) in [6.07, 6.45) is 2.76. The van der Waals surface area contributed by atoms with E-state index in [2.05, 4.69) is 36.9 Å². The standard InChI is InChI=1S/C22H15BrN6O7/c23-11-1-3-12(4-2-11)24-22(34)27-15-9-28(6-5-19(15)31)17-7-14-13(8-18(17)29(35)36)25-16(10-30)20(26-14)21(32)33/h1-10,16,25H,(H,32,33)(H2,24,27,34). The Kier molecular flexibility index (Phi) is 6.60. The first-order valence-corrected chi connectivity index (χ1v) is 10.9. The second kappa shape index (κ2) is 9.79. The summed E-state index contributed by atoms with van der Waals surface area (Å²) in [5.41, 5.74) is -1.11. The molecule has 0 radical (unpaired) electrons. The smallest absolute Gasteiger partial charge is 0.352 e. The van der Waals surface area contributed by atoms with Gasteiger partial charge in [0.1, 0.15) is 23.7 Å². The van der Waals surface area contributed by atoms with Gasteiger partial charge in [0.2, 0.25) is 5.43 Å². The molecule has 0 saturated heterocycles. The molecule has 1 aliphatic heterocycles. The Morgan fingerprint density at radius 2 is 1.92 bits per heavy atom. The number of rotatable bonds is 6. The molecule has 1 atom stereocenters. The Hall–Kier alpha value is -4.85. The van der Waals surface area contributed by atoms with Crippen LogP contribution in [0.4, 0.5) is 33.2 Å². The molecule has 0 fully saturated rings. The van der Waals surface area contributed by atoms with Gasteiger partial charge < -0.3 is 30.4 Å². The minimum absolute atomic E-state index is 0.0345. The molecule has 0 bridgehead atoms. The van der Waals surface area contributed by atoms with Crippen LogP contribution in [0.2, 0.25) is 0 Å². The summed E-state index contributed by atoms with van der Waals surface area (Å²) < 4.78 is 2.03. The van der Waals surface area contributed by atoms with E-state index >= 15 is 0 Å². The fraction of sp³-hybridized carbons (Fsp3) is 0.0455. The van der Waals surface area contributed by atoms with Crippen LogP contribution in [0, 0.1) is 10.1 Å². The molecule has 2 amide bonds. The highest BCUT2D eigenvalue weighted by Crippen LogP contribution is 2.38. The Bertz CT molecular complexity index is 1500. The van der Waals surface area contributed by atoms with E-state index in [0.717, 1.165) is 16.6 Å². The van der Waals surface area contributed by atoms with Crippen molar-refractivity contribution in [3.63, 3.8) is 0 Å². The zero-order chi connectivity index (χ0) is 26.0. The molecule has 2 heterocycles. The number of halogens is 1. The van der Waals surface area contributed by atoms with Crippen molar-refractivity contribution in [2.75, 3.05) is 16.0 Å². The molecule has 0 aliphatic carbocycles. The number of anilines is 3. The highest BCUT2D eigenvalue weighted by atomic mass is 79.9. The molecule has 4 rings (SSSR count). The summed E-state index contributed by atoms with van der Waals surface area (Å²) in [4.78, 5) is 62.5. The third-order valence-corrected chi connectivity index (χ3v) is 5.57. The molecule has 1 aromatic heterocycles. The van der Waals surface area contributed by atoms with Crippen molar-refractivity contribution in [2.45, 2.75) is 6.04 Å². The second-order valence-corrected chi connectivity index (χ2v) is 8.31. The number of carbonyl (C=O) groups is 3. The molecule has 36 heavy (non-hydrogen) atoms. The molecule has 1 unspecified atom stereocenters. The van der Waals surface area contributed by atoms with Gasteiger partial charge in [-0.2, -0.15) is 0 Å². The summed E-state index contributed by atoms with van der Waals surface area (Å²) in [6.45, 7) is 0. The van der Waals surface area contributed by atoms with Crippen molar-refractivity contribution in [2.24, 2.45) is 4.99 Å². The van der Waals surface area contributed by atoms with E-state index in [0.29, 0.717) is 12.0 Å². The van der Waals surface area contributed by atoms with Crippen LogP contribution in [0.15, 0.2) is 69.1 Å². The molecule has 2 aromatic carbocycles. The van der Waals surface area contributed by atoms with Crippen LogP contribution in [0.25, 0.3) is 5.69 Å². The maximum Gasteiger partial charge on any atom is 0.352 e. The van der Waals surface area contributed by atoms with Gasteiger partial charge in [-0.1, -0.05) is 15.9 Å². The van der Waals surface area contributed by atoms with Crippen molar-refractivity contribution < 1.29 is 24.4 Å². The number of carboxylic acids is 1. The quantitative estimate of drug-likeness (QED) is 0.203. The lowest BCUT2D eigenvalue weighted by molar-refractivity contribution is -0.384. The lowest BCUT2D eigenvalue weighted by atomic mass is 10.1. The number of nitro benzene ring substituents is 1. The zero-order valence-corrected chi connectivity index (χ0v) is 19.6. The van der Waals surface area contributed by atoms with Crippen molar-refractivity contribution in [1.29, 1.82) is 0 Å². The maximum absolute atomic E-state index is 12.4. The monoisotopic (exact) mass is 554 g/mol. The number of nitrogens with one attached hydrogen (secondary N) is 3. The first-order valence-electron chi connectivity index (χ1n) is 10.1. The molecule has 14 heteroatoms. The van der Waals surface area contributed by atoms with Gasteiger partial charge in [-0.25, -0.2) is 14.6 Å². The summed E-state index contributed by atoms with van der Waals surface area (Å²) in [6, 6.07) is 8.15. The molecule has 13 nitrogen and oxygen atoms in total. The van der Waals surface area contributed by atoms with Crippen LogP contribution in [0.3, 0.4) is 0 Å². The van der Waals surface area contributed by atoms with Crippen LogP contribution in [0.1, 0.15) is 0 Å². The highest BCUT2D eigenvalue weighted by molar-refractivity contribution is 9.10. The highest BCUT2D eigenvalue weighted by Gasteiger charge is 2.30. The number of aliphatic imine (C=N–C) groups is 1. The SMILES string of the molecule is O=CC1Nc2cc([N+](=O)[O-])c(-n3ccc(=O)c(NC(=O)Nc4ccc(Br)cc4)c3)cc2N=C1C(=O)O. The number of carbonyl (C=O) groups excluding carboxylic acids is 2. The molecule has 0 spiro atoms. The van der Waals surface area contributed by atoms with E-state index in [1.165, 1.54) is 23.0 Å². The predicted octanol–water partition coefficient (Wildman–Crippen LogP) is 3.30. The molecule has 1 aliphatic rings. The fourth-order valence-electron chi connectivity index (χ4n) is 3.39. The average Bonchev–Trinajstić information content (AvgIpc) is 2.85. The first kappa shape index (κ1) is 24.3. The van der Waals surface area contributed by atoms with E-state index in [-0.39, 0.29) is 22.7 Å². The molecular weight excluding hydrogens is 540 g/mol. The number of nitrogens with zero attached hydrogens (tertiary/aromatic N) is 3. The summed E-state index contributed by atoms with van der Waals surface area (Å²) >= 11 is 3.28. The van der Waals surface area contributed by atoms with Crippen molar-refractivity contribution in [3.05, 3.63) is 79.7 Å². The van der Waals surface area contributed by atoms with Gasteiger partial charge in [-0.05, 0) is 30.3 Å². The number of hydrogen-bond acceptors (Lipinski definition) is 8. The maximum atomic E-state index is 12.4. The van der Waals surface area contributed by atoms with Gasteiger partial charge in [-0.3, -0.25) is 14.9 Å². The number of carboxylic acid groups (broad SMARTS) is 1. The van der Waals surface area contributed by atoms with Gasteiger partial charge in [-0.15, -0.1) is 0 Å². The Morgan fingerprint density at radius 3 is 2.56 bits per heavy atom. The fourth-order valence-corrected chi connectivity index (χ4v) is 3.65. The number of amides is 2. The van der Waals surface area contributed by atoms with Crippen LogP contribution >= 0.6 is 15.9 Å². The minimum atomic E-state index is -1.43. The summed E-state index contributed by atoms with van der Waals surface area (Å²) in [7, 11) is 0. The van der Waals surface area contributed by atoms with E-state index in [1.807, 2.05) is 0 Å². The zero-order valence-electron chi connectivity index (χ0n) is 18.0. The lowest BCUT2D eigenvalue weighted by Crippen LogP contribution is -2.38. The Labute approximate surface area is 209 Å². The number of aldehydes is 1. The third kappa shape index (κ3) is 4.97. The number of hydrogen-bond donors (Lipinski definition) is 4. The van der Waals surface area contributed by atoms with E-state index in [1.54, 1.807) is 24.3 Å². The Morgan fingerprint density at radius 1 is 1.19 bits per heavy atom. The second-order valence-electron chi connectivity index (χ2n) is 7.39. The summed E-state index contributed by atoms with van der Waals surface area (Å²) in [5, 5.41) is 28.7. The predicted molar refractivity (Wildman–Crippen MR) is 134 cm³/mol. The van der Waals surface area contributed by atoms with Crippen molar-refractivity contribution >= 4 is 68.4 Å². The first-order chi connectivity index (χ1) is 17.2. The van der Waals surface area contributed by atoms with E-state index in [4.69, 9.17) is 0 Å². The average molecular weight is 555 g/mol. The lowest BCUT2D eigenvalue weighted by Gasteiger charge is -2.22. The number of nitro groups is 1. The molecule has 182 valence electrons. The Balaban J connectivity index is 1.72. The number of urea groups is 1. The third-order valence-electron chi connectivity index (χ3n) is 5.04. The minimum Gasteiger partial charge on any atom is -0.477 e. The summed E-state index contributed by atoms with van der Waals surface area (Å²) in [5.74, 6) is -1.43. The number of aromatic nitrogens is 1. The largest absolute Gasteiger partial charge is 0.477 e. The van der Waals surface area contributed by atoms with Crippen LogP contribution in [-0.4, -0.2) is 44.6 Å². The van der Waals surface area contributed by atoms with E-state index < -0.39 is 39.8 Å². The van der Waals surface area contributed by atoms with Crippen LogP contribution in [0.5, 0.6) is 0 Å². The molecule has 3 aromatic rings. The number of benzene rings is 2. The normalized spacial score (nSPS) is 14.0. The molecular formula is C22H15BrN6O7. The van der Waals surface area contributed by atoms with Gasteiger partial charge in [0.15, 0.2) is 5.71 Å². The van der Waals surface area contributed by atoms with Gasteiger partial charge >= 0.3 is 12.0 Å².